The van der Waals surface area contributed by atoms with Crippen LogP contribution in [0.3, 0.4) is 0 Å². The molecular formula is C31H33N3O2. The Morgan fingerprint density at radius 1 is 0.889 bits per heavy atom. The Bertz CT molecular complexity index is 1290. The number of nitrogens with zero attached hydrogens (tertiary/aromatic N) is 2. The van der Waals surface area contributed by atoms with Gasteiger partial charge in [0, 0.05) is 43.4 Å². The third-order valence-electron chi connectivity index (χ3n) is 7.44. The lowest BCUT2D eigenvalue weighted by Gasteiger charge is -2.34. The van der Waals surface area contributed by atoms with Crippen molar-refractivity contribution in [3.05, 3.63) is 101 Å². The molecule has 184 valence electrons. The minimum Gasteiger partial charge on any atom is -0.372 e. The highest BCUT2D eigenvalue weighted by atomic mass is 16.2. The first-order valence-corrected chi connectivity index (χ1v) is 12.8. The SMILES string of the molecule is CCN(CC)c1ccc(C2CC(=O)C3=C(C2)Nc2ccccc2N(C(C)=O)C3c2ccccc2)cc1. The number of anilines is 3. The van der Waals surface area contributed by atoms with Gasteiger partial charge in [-0.15, -0.1) is 0 Å². The summed E-state index contributed by atoms with van der Waals surface area (Å²) in [6.45, 7) is 7.82. The zero-order valence-corrected chi connectivity index (χ0v) is 21.2. The lowest BCUT2D eigenvalue weighted by atomic mass is 9.78. The van der Waals surface area contributed by atoms with Crippen LogP contribution in [0.4, 0.5) is 17.1 Å². The number of hydrogen-bond acceptors (Lipinski definition) is 4. The van der Waals surface area contributed by atoms with Crippen molar-refractivity contribution in [3.63, 3.8) is 0 Å². The van der Waals surface area contributed by atoms with Crippen LogP contribution in [0.5, 0.6) is 0 Å². The van der Waals surface area contributed by atoms with Gasteiger partial charge in [-0.25, -0.2) is 0 Å². The summed E-state index contributed by atoms with van der Waals surface area (Å²) in [5.41, 5.74) is 6.57. The molecule has 1 aliphatic heterocycles. The van der Waals surface area contributed by atoms with Crippen molar-refractivity contribution in [2.24, 2.45) is 0 Å². The first-order valence-electron chi connectivity index (χ1n) is 12.8. The number of rotatable bonds is 5. The smallest absolute Gasteiger partial charge is 0.224 e. The Labute approximate surface area is 213 Å². The lowest BCUT2D eigenvalue weighted by molar-refractivity contribution is -0.117. The molecule has 2 atom stereocenters. The van der Waals surface area contributed by atoms with E-state index in [0.717, 1.165) is 42.1 Å². The van der Waals surface area contributed by atoms with Gasteiger partial charge >= 0.3 is 0 Å². The van der Waals surface area contributed by atoms with E-state index in [9.17, 15) is 9.59 Å². The molecule has 5 nitrogen and oxygen atoms in total. The van der Waals surface area contributed by atoms with E-state index in [1.807, 2.05) is 54.6 Å². The fraction of sp³-hybridized carbons (Fsp3) is 0.290. The number of fused-ring (bicyclic) bond motifs is 1. The summed E-state index contributed by atoms with van der Waals surface area (Å²) in [5.74, 6) is 0.0882. The van der Waals surface area contributed by atoms with E-state index in [4.69, 9.17) is 0 Å². The molecule has 0 radical (unpaired) electrons. The molecule has 1 N–H and O–H groups in total. The lowest BCUT2D eigenvalue weighted by Crippen LogP contribution is -2.37. The summed E-state index contributed by atoms with van der Waals surface area (Å²) in [5, 5.41) is 3.58. The van der Waals surface area contributed by atoms with Crippen LogP contribution in [-0.2, 0) is 9.59 Å². The quantitative estimate of drug-likeness (QED) is 0.457. The highest BCUT2D eigenvalue weighted by Crippen LogP contribution is 2.47. The number of nitrogens with one attached hydrogen (secondary N) is 1. The molecule has 0 spiro atoms. The zero-order chi connectivity index (χ0) is 25.2. The number of ketones is 1. The summed E-state index contributed by atoms with van der Waals surface area (Å²) in [7, 11) is 0. The van der Waals surface area contributed by atoms with Crippen molar-refractivity contribution in [2.45, 2.75) is 45.6 Å². The normalized spacial score (nSPS) is 19.2. The maximum atomic E-state index is 13.9. The van der Waals surface area contributed by atoms with Gasteiger partial charge in [0.1, 0.15) is 0 Å². The van der Waals surface area contributed by atoms with Crippen LogP contribution in [0.2, 0.25) is 0 Å². The summed E-state index contributed by atoms with van der Waals surface area (Å²) < 4.78 is 0. The van der Waals surface area contributed by atoms with Gasteiger partial charge in [-0.05, 0) is 61.6 Å². The van der Waals surface area contributed by atoms with Crippen LogP contribution in [0.25, 0.3) is 0 Å². The molecule has 1 heterocycles. The molecule has 0 aromatic heterocycles. The van der Waals surface area contributed by atoms with Gasteiger partial charge in [-0.3, -0.25) is 14.5 Å². The van der Waals surface area contributed by atoms with Gasteiger partial charge in [0.05, 0.1) is 17.4 Å². The maximum Gasteiger partial charge on any atom is 0.224 e. The Kier molecular flexibility index (Phi) is 6.64. The van der Waals surface area contributed by atoms with Crippen molar-refractivity contribution in [3.8, 4) is 0 Å². The highest BCUT2D eigenvalue weighted by molar-refractivity contribution is 6.06. The van der Waals surface area contributed by atoms with Crippen LogP contribution in [-0.4, -0.2) is 24.8 Å². The zero-order valence-electron chi connectivity index (χ0n) is 21.2. The standard InChI is InChI=1S/C31H33N3O2/c1-4-33(5-2)25-17-15-22(16-18-25)24-19-27-30(29(36)20-24)31(23-11-7-6-8-12-23)34(21(3)35)28-14-10-9-13-26(28)32-27/h6-18,24,31-32H,4-5,19-20H2,1-3H3. The van der Waals surface area contributed by atoms with Crippen molar-refractivity contribution in [1.29, 1.82) is 0 Å². The molecule has 0 bridgehead atoms. The molecular weight excluding hydrogens is 446 g/mol. The van der Waals surface area contributed by atoms with Gasteiger partial charge in [-0.1, -0.05) is 54.6 Å². The third-order valence-corrected chi connectivity index (χ3v) is 7.44. The minimum absolute atomic E-state index is 0.0852. The summed E-state index contributed by atoms with van der Waals surface area (Å²) >= 11 is 0. The summed E-state index contributed by atoms with van der Waals surface area (Å²) in [4.78, 5) is 31.0. The molecule has 3 aromatic rings. The van der Waals surface area contributed by atoms with E-state index >= 15 is 0 Å². The van der Waals surface area contributed by atoms with Gasteiger partial charge in [-0.2, -0.15) is 0 Å². The number of benzene rings is 3. The van der Waals surface area contributed by atoms with Crippen LogP contribution >= 0.6 is 0 Å². The number of carbonyl (C=O) groups excluding carboxylic acids is 2. The number of amides is 1. The minimum atomic E-state index is -0.464. The average molecular weight is 480 g/mol. The van der Waals surface area contributed by atoms with E-state index < -0.39 is 6.04 Å². The van der Waals surface area contributed by atoms with Crippen molar-refractivity contribution in [2.75, 3.05) is 28.2 Å². The first-order chi connectivity index (χ1) is 17.5. The van der Waals surface area contributed by atoms with E-state index in [1.165, 1.54) is 11.3 Å². The van der Waals surface area contributed by atoms with E-state index in [-0.39, 0.29) is 17.6 Å². The molecule has 5 rings (SSSR count). The van der Waals surface area contributed by atoms with Crippen molar-refractivity contribution in [1.82, 2.24) is 0 Å². The molecule has 0 saturated heterocycles. The Morgan fingerprint density at radius 2 is 1.56 bits per heavy atom. The second-order valence-electron chi connectivity index (χ2n) is 9.53. The largest absolute Gasteiger partial charge is 0.372 e. The topological polar surface area (TPSA) is 52.7 Å². The van der Waals surface area contributed by atoms with Crippen molar-refractivity contribution >= 4 is 28.8 Å². The molecule has 0 saturated carbocycles. The monoisotopic (exact) mass is 479 g/mol. The van der Waals surface area contributed by atoms with Gasteiger partial charge in [0.25, 0.3) is 0 Å². The van der Waals surface area contributed by atoms with Crippen LogP contribution in [0.15, 0.2) is 90.1 Å². The predicted molar refractivity (Wildman–Crippen MR) is 146 cm³/mol. The first kappa shape index (κ1) is 23.9. The van der Waals surface area contributed by atoms with Crippen LogP contribution in [0.1, 0.15) is 56.7 Å². The van der Waals surface area contributed by atoms with Crippen LogP contribution < -0.4 is 15.1 Å². The second kappa shape index (κ2) is 10.0. The molecule has 1 aliphatic carbocycles. The average Bonchev–Trinajstić information content (AvgIpc) is 3.05. The molecule has 2 unspecified atom stereocenters. The molecule has 36 heavy (non-hydrogen) atoms. The fourth-order valence-electron chi connectivity index (χ4n) is 5.67. The number of para-hydroxylation sites is 2. The molecule has 1 amide bonds. The molecule has 5 heteroatoms. The number of Topliss-reactive ketones (excluding diaryl/α,β-unsaturated/α-hetero) is 1. The third kappa shape index (κ3) is 4.30. The number of hydrogen-bond donors (Lipinski definition) is 1. The van der Waals surface area contributed by atoms with Gasteiger partial charge in [0.2, 0.25) is 5.91 Å². The molecule has 2 aliphatic rings. The van der Waals surface area contributed by atoms with Crippen molar-refractivity contribution < 1.29 is 9.59 Å². The Morgan fingerprint density at radius 3 is 2.22 bits per heavy atom. The second-order valence-corrected chi connectivity index (χ2v) is 9.53. The van der Waals surface area contributed by atoms with Gasteiger partial charge < -0.3 is 10.2 Å². The highest BCUT2D eigenvalue weighted by Gasteiger charge is 2.40. The summed E-state index contributed by atoms with van der Waals surface area (Å²) in [6, 6.07) is 25.9. The van der Waals surface area contributed by atoms with E-state index in [2.05, 4.69) is 48.3 Å². The number of allylic oxidation sites excluding steroid dienone is 1. The summed E-state index contributed by atoms with van der Waals surface area (Å²) in [6.07, 6.45) is 1.14. The maximum absolute atomic E-state index is 13.9. The number of carbonyl (C=O) groups is 2. The fourth-order valence-corrected chi connectivity index (χ4v) is 5.67. The van der Waals surface area contributed by atoms with Crippen LogP contribution in [0, 0.1) is 0 Å². The Balaban J connectivity index is 1.59. The van der Waals surface area contributed by atoms with Gasteiger partial charge in [0.15, 0.2) is 5.78 Å². The predicted octanol–water partition coefficient (Wildman–Crippen LogP) is 6.45. The van der Waals surface area contributed by atoms with E-state index in [1.54, 1.807) is 11.8 Å². The molecule has 3 aromatic carbocycles. The molecule has 0 fully saturated rings. The Hall–Kier alpha value is -3.86. The van der Waals surface area contributed by atoms with E-state index in [0.29, 0.717) is 12.0 Å².